The molecule has 3 rings (SSSR count). The molecule has 0 saturated carbocycles. The van der Waals surface area contributed by atoms with E-state index in [2.05, 4.69) is 10.9 Å². The normalized spacial score (nSPS) is 11.9. The predicted molar refractivity (Wildman–Crippen MR) is 96.0 cm³/mol. The van der Waals surface area contributed by atoms with Gasteiger partial charge in [-0.05, 0) is 24.5 Å². The number of carbonyl (C=O) groups excluding carboxylic acids is 2. The highest BCUT2D eigenvalue weighted by molar-refractivity contribution is 5.99. The van der Waals surface area contributed by atoms with Crippen LogP contribution in [0.1, 0.15) is 40.9 Å². The molecule has 25 heavy (non-hydrogen) atoms. The van der Waals surface area contributed by atoms with Gasteiger partial charge in [0.05, 0.1) is 0 Å². The van der Waals surface area contributed by atoms with Crippen molar-refractivity contribution < 1.29 is 14.0 Å². The molecule has 0 radical (unpaired) electrons. The zero-order valence-electron chi connectivity index (χ0n) is 14.2. The molecule has 2 N–H and O–H groups in total. The Morgan fingerprint density at radius 1 is 1.00 bits per heavy atom. The second-order valence-corrected chi connectivity index (χ2v) is 6.07. The maximum absolute atomic E-state index is 12.3. The summed E-state index contributed by atoms with van der Waals surface area (Å²) >= 11 is 0. The monoisotopic (exact) mass is 336 g/mol. The van der Waals surface area contributed by atoms with Gasteiger partial charge in [0, 0.05) is 17.4 Å². The summed E-state index contributed by atoms with van der Waals surface area (Å²) < 4.78 is 5.58. The molecule has 0 bridgehead atoms. The molecule has 1 atom stereocenters. The molecule has 5 heteroatoms. The third kappa shape index (κ3) is 3.71. The number of furan rings is 1. The van der Waals surface area contributed by atoms with E-state index in [1.54, 1.807) is 6.07 Å². The van der Waals surface area contributed by atoms with E-state index in [4.69, 9.17) is 4.42 Å². The Hall–Kier alpha value is -3.08. The number of nitrogens with one attached hydrogen (secondary N) is 2. The van der Waals surface area contributed by atoms with Crippen molar-refractivity contribution in [3.05, 3.63) is 71.5 Å². The Morgan fingerprint density at radius 3 is 2.40 bits per heavy atom. The number of fused-ring (bicyclic) bond motifs is 1. The van der Waals surface area contributed by atoms with E-state index in [1.165, 1.54) is 0 Å². The van der Waals surface area contributed by atoms with Crippen molar-refractivity contribution in [1.82, 2.24) is 10.9 Å². The molecule has 1 heterocycles. The zero-order valence-corrected chi connectivity index (χ0v) is 14.2. The lowest BCUT2D eigenvalue weighted by Crippen LogP contribution is -2.42. The van der Waals surface area contributed by atoms with Crippen LogP contribution in [0.15, 0.2) is 59.0 Å². The topological polar surface area (TPSA) is 71.3 Å². The SMILES string of the molecule is Cc1c(C(=O)NNC(=O)CC(C)c2ccccc2)oc2ccccc12. The van der Waals surface area contributed by atoms with Crippen LogP contribution >= 0.6 is 0 Å². The third-order valence-corrected chi connectivity index (χ3v) is 4.23. The maximum Gasteiger partial charge on any atom is 0.305 e. The van der Waals surface area contributed by atoms with Gasteiger partial charge < -0.3 is 4.42 Å². The molecule has 2 amide bonds. The van der Waals surface area contributed by atoms with Gasteiger partial charge in [-0.15, -0.1) is 0 Å². The molecule has 3 aromatic rings. The number of hydrogen-bond acceptors (Lipinski definition) is 3. The molecule has 128 valence electrons. The molecule has 2 aromatic carbocycles. The molecule has 0 spiro atoms. The first kappa shape index (κ1) is 16.8. The average Bonchev–Trinajstić information content (AvgIpc) is 2.97. The summed E-state index contributed by atoms with van der Waals surface area (Å²) in [4.78, 5) is 24.3. The second-order valence-electron chi connectivity index (χ2n) is 6.07. The Morgan fingerprint density at radius 2 is 1.68 bits per heavy atom. The Labute approximate surface area is 146 Å². The number of aryl methyl sites for hydroxylation is 1. The fraction of sp³-hybridized carbons (Fsp3) is 0.200. The summed E-state index contributed by atoms with van der Waals surface area (Å²) in [6.07, 6.45) is 0.281. The fourth-order valence-electron chi connectivity index (χ4n) is 2.80. The van der Waals surface area contributed by atoms with Gasteiger partial charge in [-0.1, -0.05) is 55.5 Å². The van der Waals surface area contributed by atoms with Crippen molar-refractivity contribution >= 4 is 22.8 Å². The van der Waals surface area contributed by atoms with Crippen LogP contribution in [0.2, 0.25) is 0 Å². The van der Waals surface area contributed by atoms with Gasteiger partial charge in [0.25, 0.3) is 0 Å². The van der Waals surface area contributed by atoms with E-state index in [9.17, 15) is 9.59 Å². The van der Waals surface area contributed by atoms with Crippen LogP contribution < -0.4 is 10.9 Å². The predicted octanol–water partition coefficient (Wildman–Crippen LogP) is 3.70. The number of para-hydroxylation sites is 1. The minimum atomic E-state index is -0.464. The highest BCUT2D eigenvalue weighted by atomic mass is 16.3. The molecule has 5 nitrogen and oxygen atoms in total. The fourth-order valence-corrected chi connectivity index (χ4v) is 2.80. The summed E-state index contributed by atoms with van der Waals surface area (Å²) in [5.74, 6) is -0.448. The maximum atomic E-state index is 12.3. The number of rotatable bonds is 4. The lowest BCUT2D eigenvalue weighted by molar-refractivity contribution is -0.122. The Bertz CT molecular complexity index is 900. The molecule has 0 aliphatic carbocycles. The largest absolute Gasteiger partial charge is 0.451 e. The minimum absolute atomic E-state index is 0.0611. The van der Waals surface area contributed by atoms with Crippen molar-refractivity contribution in [2.24, 2.45) is 0 Å². The average molecular weight is 336 g/mol. The standard InChI is InChI=1S/C20H20N2O3/c1-13(15-8-4-3-5-9-15)12-18(23)21-22-20(24)19-14(2)16-10-6-7-11-17(16)25-19/h3-11,13H,12H2,1-2H3,(H,21,23)(H,22,24). The van der Waals surface area contributed by atoms with E-state index < -0.39 is 5.91 Å². The van der Waals surface area contributed by atoms with E-state index in [1.807, 2.05) is 62.4 Å². The second kappa shape index (κ2) is 7.21. The van der Waals surface area contributed by atoms with Crippen molar-refractivity contribution in [2.45, 2.75) is 26.2 Å². The van der Waals surface area contributed by atoms with Crippen LogP contribution in [-0.4, -0.2) is 11.8 Å². The number of hydrogen-bond donors (Lipinski definition) is 2. The first-order chi connectivity index (χ1) is 12.1. The van der Waals surface area contributed by atoms with Crippen LogP contribution in [0.4, 0.5) is 0 Å². The lowest BCUT2D eigenvalue weighted by Gasteiger charge is -2.12. The minimum Gasteiger partial charge on any atom is -0.451 e. The van der Waals surface area contributed by atoms with Crippen LogP contribution in [0, 0.1) is 6.92 Å². The van der Waals surface area contributed by atoms with Crippen molar-refractivity contribution in [3.63, 3.8) is 0 Å². The number of hydrazine groups is 1. The number of amides is 2. The van der Waals surface area contributed by atoms with Crippen LogP contribution in [0.5, 0.6) is 0 Å². The van der Waals surface area contributed by atoms with Gasteiger partial charge in [0.1, 0.15) is 5.58 Å². The summed E-state index contributed by atoms with van der Waals surface area (Å²) in [6.45, 7) is 3.79. The Balaban J connectivity index is 1.60. The molecule has 0 aliphatic rings. The summed E-state index contributed by atoms with van der Waals surface area (Å²) in [5, 5.41) is 0.886. The number of benzene rings is 2. The molecule has 0 fully saturated rings. The first-order valence-electron chi connectivity index (χ1n) is 8.18. The van der Waals surface area contributed by atoms with Gasteiger partial charge in [-0.2, -0.15) is 0 Å². The molecule has 1 unspecified atom stereocenters. The van der Waals surface area contributed by atoms with Crippen LogP contribution in [0.25, 0.3) is 11.0 Å². The number of carbonyl (C=O) groups is 2. The third-order valence-electron chi connectivity index (χ3n) is 4.23. The van der Waals surface area contributed by atoms with E-state index in [0.717, 1.165) is 16.5 Å². The van der Waals surface area contributed by atoms with Gasteiger partial charge in [-0.25, -0.2) is 0 Å². The highest BCUT2D eigenvalue weighted by Crippen LogP contribution is 2.24. The van der Waals surface area contributed by atoms with Crippen molar-refractivity contribution in [2.75, 3.05) is 0 Å². The van der Waals surface area contributed by atoms with E-state index in [-0.39, 0.29) is 24.0 Å². The van der Waals surface area contributed by atoms with Gasteiger partial charge >= 0.3 is 5.91 Å². The first-order valence-corrected chi connectivity index (χ1v) is 8.18. The molecule has 0 saturated heterocycles. The summed E-state index contributed by atoms with van der Waals surface area (Å²) in [7, 11) is 0. The van der Waals surface area contributed by atoms with Gasteiger partial charge in [0.2, 0.25) is 5.91 Å². The summed E-state index contributed by atoms with van der Waals surface area (Å²) in [6, 6.07) is 17.2. The molecular weight excluding hydrogens is 316 g/mol. The quantitative estimate of drug-likeness (QED) is 0.714. The molecule has 0 aliphatic heterocycles. The van der Waals surface area contributed by atoms with Crippen LogP contribution in [-0.2, 0) is 4.79 Å². The summed E-state index contributed by atoms with van der Waals surface area (Å²) in [5.41, 5.74) is 7.36. The van der Waals surface area contributed by atoms with Crippen LogP contribution in [0.3, 0.4) is 0 Å². The van der Waals surface area contributed by atoms with Crippen molar-refractivity contribution in [3.8, 4) is 0 Å². The highest BCUT2D eigenvalue weighted by Gasteiger charge is 2.18. The molecule has 1 aromatic heterocycles. The van der Waals surface area contributed by atoms with Gasteiger partial charge in [0.15, 0.2) is 5.76 Å². The van der Waals surface area contributed by atoms with E-state index in [0.29, 0.717) is 5.58 Å². The Kier molecular flexibility index (Phi) is 4.84. The molecular formula is C20H20N2O3. The van der Waals surface area contributed by atoms with Gasteiger partial charge in [-0.3, -0.25) is 20.4 Å². The smallest absolute Gasteiger partial charge is 0.305 e. The van der Waals surface area contributed by atoms with Crippen molar-refractivity contribution in [1.29, 1.82) is 0 Å². The lowest BCUT2D eigenvalue weighted by atomic mass is 9.98. The van der Waals surface area contributed by atoms with E-state index >= 15 is 0 Å². The zero-order chi connectivity index (χ0) is 17.8.